The van der Waals surface area contributed by atoms with Crippen LogP contribution in [0.5, 0.6) is 0 Å². The fourth-order valence-electron chi connectivity index (χ4n) is 1.99. The zero-order valence-corrected chi connectivity index (χ0v) is 13.9. The Kier molecular flexibility index (Phi) is 7.84. The molecule has 4 nitrogen and oxygen atoms in total. The molecule has 0 spiro atoms. The number of rotatable bonds is 5. The van der Waals surface area contributed by atoms with Crippen molar-refractivity contribution in [3.63, 3.8) is 0 Å². The van der Waals surface area contributed by atoms with Gasteiger partial charge < -0.3 is 9.47 Å². The van der Waals surface area contributed by atoms with E-state index < -0.39 is 11.4 Å². The molecule has 1 saturated carbocycles. The summed E-state index contributed by atoms with van der Waals surface area (Å²) in [7, 11) is 0. The Morgan fingerprint density at radius 1 is 1.15 bits per heavy atom. The molecule has 0 N–H and O–H groups in total. The van der Waals surface area contributed by atoms with Crippen molar-refractivity contribution in [3.8, 4) is 0 Å². The summed E-state index contributed by atoms with van der Waals surface area (Å²) in [6.07, 6.45) is 4.65. The summed E-state index contributed by atoms with van der Waals surface area (Å²) >= 11 is 0. The quantitative estimate of drug-likeness (QED) is 0.720. The zero-order valence-electron chi connectivity index (χ0n) is 13.9. The lowest BCUT2D eigenvalue weighted by molar-refractivity contribution is -0.172. The van der Waals surface area contributed by atoms with E-state index in [2.05, 4.69) is 0 Å². The first-order chi connectivity index (χ1) is 9.29. The molecule has 1 aliphatic carbocycles. The summed E-state index contributed by atoms with van der Waals surface area (Å²) in [5, 5.41) is 0. The van der Waals surface area contributed by atoms with Crippen molar-refractivity contribution >= 4 is 11.9 Å². The lowest BCUT2D eigenvalue weighted by atomic mass is 9.91. The van der Waals surface area contributed by atoms with E-state index >= 15 is 0 Å². The maximum atomic E-state index is 11.7. The molecular formula is C16H30O4. The van der Waals surface area contributed by atoms with Gasteiger partial charge in [0.15, 0.2) is 6.61 Å². The van der Waals surface area contributed by atoms with Gasteiger partial charge in [0.25, 0.3) is 0 Å². The van der Waals surface area contributed by atoms with Gasteiger partial charge in [0.1, 0.15) is 5.60 Å². The van der Waals surface area contributed by atoms with E-state index in [0.717, 1.165) is 25.7 Å². The van der Waals surface area contributed by atoms with Crippen LogP contribution in [-0.2, 0) is 19.1 Å². The Labute approximate surface area is 123 Å². The fourth-order valence-corrected chi connectivity index (χ4v) is 1.99. The van der Waals surface area contributed by atoms with Gasteiger partial charge in [-0.1, -0.05) is 20.8 Å². The first-order valence-electron chi connectivity index (χ1n) is 7.68. The highest BCUT2D eigenvalue weighted by atomic mass is 16.6. The number of carbonyl (C=O) groups is 2. The van der Waals surface area contributed by atoms with E-state index in [4.69, 9.17) is 9.47 Å². The van der Waals surface area contributed by atoms with Crippen molar-refractivity contribution in [2.24, 2.45) is 5.41 Å². The van der Waals surface area contributed by atoms with Crippen molar-refractivity contribution in [2.75, 3.05) is 6.61 Å². The second-order valence-electron chi connectivity index (χ2n) is 5.94. The third-order valence-corrected chi connectivity index (χ3v) is 3.78. The van der Waals surface area contributed by atoms with E-state index in [-0.39, 0.29) is 18.2 Å². The first kappa shape index (κ1) is 18.9. The number of esters is 2. The molecule has 0 heterocycles. The van der Waals surface area contributed by atoms with Gasteiger partial charge in [-0.05, 0) is 52.9 Å². The highest BCUT2D eigenvalue weighted by molar-refractivity contribution is 5.79. The van der Waals surface area contributed by atoms with Crippen molar-refractivity contribution in [1.29, 1.82) is 0 Å². The number of hydrogen-bond acceptors (Lipinski definition) is 4. The molecule has 0 saturated heterocycles. The molecule has 0 bridgehead atoms. The molecule has 0 aromatic rings. The van der Waals surface area contributed by atoms with Crippen molar-refractivity contribution in [1.82, 2.24) is 0 Å². The number of hydrogen-bond donors (Lipinski definition) is 0. The summed E-state index contributed by atoms with van der Waals surface area (Å²) in [5.41, 5.74) is -0.901. The van der Waals surface area contributed by atoms with E-state index in [9.17, 15) is 9.59 Å². The van der Waals surface area contributed by atoms with Crippen LogP contribution in [0.25, 0.3) is 0 Å². The van der Waals surface area contributed by atoms with Gasteiger partial charge in [-0.25, -0.2) is 4.79 Å². The van der Waals surface area contributed by atoms with Gasteiger partial charge in [-0.3, -0.25) is 4.79 Å². The monoisotopic (exact) mass is 286 g/mol. The van der Waals surface area contributed by atoms with Crippen LogP contribution < -0.4 is 0 Å². The molecule has 0 aromatic carbocycles. The van der Waals surface area contributed by atoms with Gasteiger partial charge in [-0.2, -0.15) is 0 Å². The molecule has 0 amide bonds. The van der Waals surface area contributed by atoms with Gasteiger partial charge in [0.2, 0.25) is 0 Å². The summed E-state index contributed by atoms with van der Waals surface area (Å²) in [6, 6.07) is 0. The number of carbonyl (C=O) groups excluding carboxylic acids is 2. The molecule has 0 aromatic heterocycles. The Morgan fingerprint density at radius 2 is 1.65 bits per heavy atom. The molecule has 1 aliphatic rings. The summed E-state index contributed by atoms with van der Waals surface area (Å²) in [5.74, 6) is -0.793. The third kappa shape index (κ3) is 5.93. The Morgan fingerprint density at radius 3 is 2.10 bits per heavy atom. The van der Waals surface area contributed by atoms with E-state index in [1.165, 1.54) is 0 Å². The summed E-state index contributed by atoms with van der Waals surface area (Å²) < 4.78 is 10.4. The average molecular weight is 286 g/mol. The van der Waals surface area contributed by atoms with Crippen LogP contribution in [0.1, 0.15) is 73.6 Å². The Bertz CT molecular complexity index is 314. The largest absolute Gasteiger partial charge is 0.457 e. The maximum absolute atomic E-state index is 11.7. The fraction of sp³-hybridized carbons (Fsp3) is 0.875. The van der Waals surface area contributed by atoms with Gasteiger partial charge in [-0.15, -0.1) is 0 Å². The third-order valence-electron chi connectivity index (χ3n) is 3.78. The SMILES string of the molecule is CC.CCC(C)(C)C(=O)OCC(=O)OC1(C)CCCC1. The maximum Gasteiger partial charge on any atom is 0.344 e. The van der Waals surface area contributed by atoms with Gasteiger partial charge in [0, 0.05) is 0 Å². The van der Waals surface area contributed by atoms with Crippen molar-refractivity contribution < 1.29 is 19.1 Å². The molecule has 0 aliphatic heterocycles. The second kappa shape index (κ2) is 8.28. The summed E-state index contributed by atoms with van der Waals surface area (Å²) in [4.78, 5) is 23.3. The second-order valence-corrected chi connectivity index (χ2v) is 5.94. The molecule has 20 heavy (non-hydrogen) atoms. The van der Waals surface area contributed by atoms with E-state index in [1.54, 1.807) is 13.8 Å². The minimum absolute atomic E-state index is 0.280. The molecule has 1 fully saturated rings. The molecule has 4 heteroatoms. The van der Waals surface area contributed by atoms with Crippen LogP contribution in [0.4, 0.5) is 0 Å². The van der Waals surface area contributed by atoms with E-state index in [1.807, 2.05) is 27.7 Å². The lowest BCUT2D eigenvalue weighted by Crippen LogP contribution is -2.33. The van der Waals surface area contributed by atoms with Crippen molar-refractivity contribution in [2.45, 2.75) is 79.2 Å². The zero-order chi connectivity index (χ0) is 15.8. The first-order valence-corrected chi connectivity index (χ1v) is 7.68. The van der Waals surface area contributed by atoms with Crippen LogP contribution in [-0.4, -0.2) is 24.1 Å². The summed E-state index contributed by atoms with van der Waals surface area (Å²) in [6.45, 7) is 11.2. The average Bonchev–Trinajstić information content (AvgIpc) is 2.84. The molecule has 1 rings (SSSR count). The molecular weight excluding hydrogens is 256 g/mol. The minimum Gasteiger partial charge on any atom is -0.457 e. The van der Waals surface area contributed by atoms with Crippen LogP contribution >= 0.6 is 0 Å². The van der Waals surface area contributed by atoms with Crippen LogP contribution in [0.2, 0.25) is 0 Å². The van der Waals surface area contributed by atoms with Crippen molar-refractivity contribution in [3.05, 3.63) is 0 Å². The smallest absolute Gasteiger partial charge is 0.344 e. The number of ether oxygens (including phenoxy) is 2. The Balaban J connectivity index is 0.00000172. The van der Waals surface area contributed by atoms with Gasteiger partial charge in [0.05, 0.1) is 5.41 Å². The molecule has 0 atom stereocenters. The van der Waals surface area contributed by atoms with Crippen LogP contribution in [0.15, 0.2) is 0 Å². The highest BCUT2D eigenvalue weighted by Crippen LogP contribution is 2.32. The molecule has 118 valence electrons. The van der Waals surface area contributed by atoms with Crippen LogP contribution in [0.3, 0.4) is 0 Å². The van der Waals surface area contributed by atoms with Gasteiger partial charge >= 0.3 is 11.9 Å². The predicted molar refractivity (Wildman–Crippen MR) is 79.3 cm³/mol. The topological polar surface area (TPSA) is 52.6 Å². The minimum atomic E-state index is -0.544. The lowest BCUT2D eigenvalue weighted by Gasteiger charge is -2.25. The van der Waals surface area contributed by atoms with E-state index in [0.29, 0.717) is 6.42 Å². The normalized spacial score (nSPS) is 16.9. The van der Waals surface area contributed by atoms with Crippen LogP contribution in [0, 0.1) is 5.41 Å². The standard InChI is InChI=1S/C14H24O4.C2H6/c1-5-13(2,3)12(16)17-10-11(15)18-14(4)8-6-7-9-14;1-2/h5-10H2,1-4H3;1-2H3. The molecule has 0 unspecified atom stereocenters. The Hall–Kier alpha value is -1.06. The predicted octanol–water partition coefficient (Wildman–Crippen LogP) is 3.87. The highest BCUT2D eigenvalue weighted by Gasteiger charge is 2.33. The molecule has 0 radical (unpaired) electrons.